The molecule has 0 saturated heterocycles. The van der Waals surface area contributed by atoms with E-state index < -0.39 is 0 Å². The maximum absolute atomic E-state index is 5.69. The molecule has 1 saturated carbocycles. The zero-order chi connectivity index (χ0) is 10.8. The molecule has 2 rings (SSSR count). The van der Waals surface area contributed by atoms with Gasteiger partial charge in [-0.25, -0.2) is 0 Å². The van der Waals surface area contributed by atoms with Crippen molar-refractivity contribution in [1.29, 1.82) is 0 Å². The van der Waals surface area contributed by atoms with Crippen LogP contribution in [0.25, 0.3) is 0 Å². The highest BCUT2D eigenvalue weighted by atomic mass is 15.1. The zero-order valence-electron chi connectivity index (χ0n) is 9.48. The van der Waals surface area contributed by atoms with Gasteiger partial charge in [0.15, 0.2) is 0 Å². The van der Waals surface area contributed by atoms with Crippen LogP contribution in [0, 0.1) is 5.92 Å². The minimum atomic E-state index is 0.512. The first-order valence-electron chi connectivity index (χ1n) is 5.61. The largest absolute Gasteiger partial charge is 0.370 e. The second-order valence-electron chi connectivity index (χ2n) is 4.36. The molecule has 0 spiro atoms. The maximum Gasteiger partial charge on any atom is 0.0772 e. The van der Waals surface area contributed by atoms with Gasteiger partial charge in [0.25, 0.3) is 0 Å². The van der Waals surface area contributed by atoms with Crippen LogP contribution in [-0.4, -0.2) is 18.1 Å². The summed E-state index contributed by atoms with van der Waals surface area (Å²) in [5.74, 6) is 0.862. The summed E-state index contributed by atoms with van der Waals surface area (Å²) < 4.78 is 0. The van der Waals surface area contributed by atoms with E-state index in [4.69, 9.17) is 5.73 Å². The minimum absolute atomic E-state index is 0.512. The Bertz CT molecular complexity index is 333. The first-order chi connectivity index (χ1) is 7.24. The molecule has 1 aromatic rings. The van der Waals surface area contributed by atoms with Crippen molar-refractivity contribution in [2.45, 2.75) is 32.4 Å². The topological polar surface area (TPSA) is 42.2 Å². The lowest BCUT2D eigenvalue weighted by Crippen LogP contribution is -2.31. The molecule has 82 valence electrons. The van der Waals surface area contributed by atoms with Crippen LogP contribution in [0.4, 0.5) is 5.69 Å². The van der Waals surface area contributed by atoms with E-state index in [1.54, 1.807) is 6.20 Å². The van der Waals surface area contributed by atoms with E-state index in [1.165, 1.54) is 18.5 Å². The maximum atomic E-state index is 5.69. The van der Waals surface area contributed by atoms with Gasteiger partial charge in [0.2, 0.25) is 0 Å². The second kappa shape index (κ2) is 4.19. The summed E-state index contributed by atoms with van der Waals surface area (Å²) in [7, 11) is 2.14. The molecule has 1 aliphatic carbocycles. The van der Waals surface area contributed by atoms with Gasteiger partial charge in [-0.1, -0.05) is 0 Å². The molecule has 1 aliphatic rings. The number of nitrogens with zero attached hydrogens (tertiary/aromatic N) is 2. The number of anilines is 1. The lowest BCUT2D eigenvalue weighted by Gasteiger charge is -2.28. The van der Waals surface area contributed by atoms with Gasteiger partial charge in [0, 0.05) is 25.8 Å². The summed E-state index contributed by atoms with van der Waals surface area (Å²) in [5, 5.41) is 0. The first kappa shape index (κ1) is 10.4. The highest BCUT2D eigenvalue weighted by Gasteiger charge is 2.31. The standard InChI is InChI=1S/C12H19N3/c1-9(10-5-6-10)15(2)12-4-3-7-14-11(12)8-13/h3-4,7,9-10H,5-6,8,13H2,1-2H3. The molecular formula is C12H19N3. The van der Waals surface area contributed by atoms with Crippen LogP contribution in [0.15, 0.2) is 18.3 Å². The third-order valence-electron chi connectivity index (χ3n) is 3.35. The highest BCUT2D eigenvalue weighted by Crippen LogP contribution is 2.36. The van der Waals surface area contributed by atoms with Crippen LogP contribution in [-0.2, 0) is 6.54 Å². The van der Waals surface area contributed by atoms with E-state index in [1.807, 2.05) is 6.07 Å². The molecule has 1 atom stereocenters. The van der Waals surface area contributed by atoms with Crippen molar-refractivity contribution < 1.29 is 0 Å². The van der Waals surface area contributed by atoms with Crippen molar-refractivity contribution in [3.63, 3.8) is 0 Å². The number of rotatable bonds is 4. The summed E-state index contributed by atoms with van der Waals surface area (Å²) in [6.45, 7) is 2.79. The Morgan fingerprint density at radius 1 is 1.60 bits per heavy atom. The Balaban J connectivity index is 2.19. The Morgan fingerprint density at radius 3 is 2.93 bits per heavy atom. The smallest absolute Gasteiger partial charge is 0.0772 e. The van der Waals surface area contributed by atoms with Gasteiger partial charge >= 0.3 is 0 Å². The van der Waals surface area contributed by atoms with E-state index in [0.717, 1.165) is 11.6 Å². The fraction of sp³-hybridized carbons (Fsp3) is 0.583. The van der Waals surface area contributed by atoms with Crippen LogP contribution in [0.2, 0.25) is 0 Å². The number of hydrogen-bond acceptors (Lipinski definition) is 3. The molecule has 0 amide bonds. The molecule has 0 aliphatic heterocycles. The summed E-state index contributed by atoms with van der Waals surface area (Å²) in [4.78, 5) is 6.63. The third kappa shape index (κ3) is 2.12. The number of pyridine rings is 1. The van der Waals surface area contributed by atoms with Gasteiger partial charge in [0.1, 0.15) is 0 Å². The van der Waals surface area contributed by atoms with Gasteiger partial charge in [-0.2, -0.15) is 0 Å². The van der Waals surface area contributed by atoms with Gasteiger partial charge in [-0.05, 0) is 37.8 Å². The molecule has 1 aromatic heterocycles. The van der Waals surface area contributed by atoms with Crippen LogP contribution < -0.4 is 10.6 Å². The fourth-order valence-corrected chi connectivity index (χ4v) is 2.02. The van der Waals surface area contributed by atoms with Crippen LogP contribution in [0.5, 0.6) is 0 Å². The Labute approximate surface area is 91.3 Å². The molecule has 0 aromatic carbocycles. The Morgan fingerprint density at radius 2 is 2.33 bits per heavy atom. The van der Waals surface area contributed by atoms with Crippen LogP contribution >= 0.6 is 0 Å². The van der Waals surface area contributed by atoms with Crippen molar-refractivity contribution in [2.75, 3.05) is 11.9 Å². The predicted octanol–water partition coefficient (Wildman–Crippen LogP) is 1.77. The van der Waals surface area contributed by atoms with E-state index in [-0.39, 0.29) is 0 Å². The van der Waals surface area contributed by atoms with Crippen molar-refractivity contribution in [3.05, 3.63) is 24.0 Å². The molecule has 3 heteroatoms. The SMILES string of the molecule is CC(C1CC1)N(C)c1cccnc1CN. The van der Waals surface area contributed by atoms with E-state index in [9.17, 15) is 0 Å². The predicted molar refractivity (Wildman–Crippen MR) is 62.7 cm³/mol. The summed E-state index contributed by atoms with van der Waals surface area (Å²) in [6, 6.07) is 4.68. The fourth-order valence-electron chi connectivity index (χ4n) is 2.02. The second-order valence-corrected chi connectivity index (χ2v) is 4.36. The van der Waals surface area contributed by atoms with Gasteiger partial charge in [-0.3, -0.25) is 4.98 Å². The molecule has 1 fully saturated rings. The highest BCUT2D eigenvalue weighted by molar-refractivity contribution is 5.50. The molecule has 3 nitrogen and oxygen atoms in total. The Hall–Kier alpha value is -1.09. The number of nitrogens with two attached hydrogens (primary N) is 1. The van der Waals surface area contributed by atoms with Crippen molar-refractivity contribution in [3.8, 4) is 0 Å². The van der Waals surface area contributed by atoms with Crippen LogP contribution in [0.1, 0.15) is 25.5 Å². The third-order valence-corrected chi connectivity index (χ3v) is 3.35. The molecule has 1 heterocycles. The minimum Gasteiger partial charge on any atom is -0.370 e. The lowest BCUT2D eigenvalue weighted by atomic mass is 10.1. The molecule has 1 unspecified atom stereocenters. The van der Waals surface area contributed by atoms with Gasteiger partial charge in [-0.15, -0.1) is 0 Å². The average Bonchev–Trinajstić information content (AvgIpc) is 3.11. The normalized spacial score (nSPS) is 17.5. The molecule has 15 heavy (non-hydrogen) atoms. The number of aromatic nitrogens is 1. The molecule has 2 N–H and O–H groups in total. The van der Waals surface area contributed by atoms with Gasteiger partial charge < -0.3 is 10.6 Å². The average molecular weight is 205 g/mol. The van der Waals surface area contributed by atoms with Gasteiger partial charge in [0.05, 0.1) is 11.4 Å². The Kier molecular flexibility index (Phi) is 2.91. The van der Waals surface area contributed by atoms with Crippen molar-refractivity contribution >= 4 is 5.69 Å². The summed E-state index contributed by atoms with van der Waals surface area (Å²) in [6.07, 6.45) is 4.54. The monoisotopic (exact) mass is 205 g/mol. The molecule has 0 radical (unpaired) electrons. The van der Waals surface area contributed by atoms with E-state index in [2.05, 4.69) is 29.9 Å². The van der Waals surface area contributed by atoms with Crippen molar-refractivity contribution in [1.82, 2.24) is 4.98 Å². The van der Waals surface area contributed by atoms with E-state index in [0.29, 0.717) is 12.6 Å². The summed E-state index contributed by atoms with van der Waals surface area (Å²) >= 11 is 0. The van der Waals surface area contributed by atoms with E-state index >= 15 is 0 Å². The first-order valence-corrected chi connectivity index (χ1v) is 5.61. The summed E-state index contributed by atoms with van der Waals surface area (Å²) in [5.41, 5.74) is 7.86. The molecular weight excluding hydrogens is 186 g/mol. The molecule has 0 bridgehead atoms. The quantitative estimate of drug-likeness (QED) is 0.814. The lowest BCUT2D eigenvalue weighted by molar-refractivity contribution is 0.606. The zero-order valence-corrected chi connectivity index (χ0v) is 9.48. The van der Waals surface area contributed by atoms with Crippen LogP contribution in [0.3, 0.4) is 0 Å². The van der Waals surface area contributed by atoms with Crippen molar-refractivity contribution in [2.24, 2.45) is 11.7 Å². The number of hydrogen-bond donors (Lipinski definition) is 1.